The lowest BCUT2D eigenvalue weighted by atomic mass is 9.97. The Hall–Kier alpha value is -1.35. The first-order chi connectivity index (χ1) is 8.00. The maximum atomic E-state index is 12.6. The van der Waals surface area contributed by atoms with Gasteiger partial charge in [0.25, 0.3) is 5.70 Å². The number of halogens is 5. The molecule has 0 bridgehead atoms. The molecule has 0 amide bonds. The van der Waals surface area contributed by atoms with E-state index in [-0.39, 0.29) is 12.2 Å². The van der Waals surface area contributed by atoms with Crippen LogP contribution in [0.2, 0.25) is 0 Å². The molecule has 0 heterocycles. The van der Waals surface area contributed by atoms with Crippen LogP contribution in [-0.2, 0) is 0 Å². The zero-order valence-corrected chi connectivity index (χ0v) is 9.66. The Balaban J connectivity index is 3.44. The SMILES string of the molecule is O=[N+]([O-])C1=CC(Cl)([N+](=O)[O-])C(Cl)C(C(F)(F)F)=C1. The van der Waals surface area contributed by atoms with Crippen molar-refractivity contribution in [2.24, 2.45) is 0 Å². The summed E-state index contributed by atoms with van der Waals surface area (Å²) in [6.45, 7) is 0. The minimum Gasteiger partial charge on any atom is -0.262 e. The van der Waals surface area contributed by atoms with Crippen LogP contribution in [0.25, 0.3) is 0 Å². The molecular weight excluding hydrogens is 304 g/mol. The molecule has 18 heavy (non-hydrogen) atoms. The molecule has 0 fully saturated rings. The van der Waals surface area contributed by atoms with E-state index in [1.54, 1.807) is 0 Å². The summed E-state index contributed by atoms with van der Waals surface area (Å²) in [5.74, 6) is 0. The summed E-state index contributed by atoms with van der Waals surface area (Å²) in [6.07, 6.45) is -4.65. The smallest absolute Gasteiger partial charge is 0.262 e. The Morgan fingerprint density at radius 2 is 1.83 bits per heavy atom. The van der Waals surface area contributed by atoms with Gasteiger partial charge in [0.15, 0.2) is 5.38 Å². The number of alkyl halides is 5. The van der Waals surface area contributed by atoms with Gasteiger partial charge in [0.2, 0.25) is 0 Å². The molecule has 2 atom stereocenters. The largest absolute Gasteiger partial charge is 0.414 e. The van der Waals surface area contributed by atoms with Crippen molar-refractivity contribution in [3.63, 3.8) is 0 Å². The van der Waals surface area contributed by atoms with Crippen molar-refractivity contribution >= 4 is 23.2 Å². The maximum absolute atomic E-state index is 12.6. The van der Waals surface area contributed by atoms with Gasteiger partial charge in [0.1, 0.15) is 0 Å². The highest BCUT2D eigenvalue weighted by Crippen LogP contribution is 2.43. The van der Waals surface area contributed by atoms with E-state index >= 15 is 0 Å². The molecule has 0 spiro atoms. The van der Waals surface area contributed by atoms with Gasteiger partial charge in [-0.05, 0) is 11.6 Å². The fourth-order valence-electron chi connectivity index (χ4n) is 1.25. The van der Waals surface area contributed by atoms with E-state index in [4.69, 9.17) is 23.2 Å². The van der Waals surface area contributed by atoms with Crippen LogP contribution in [-0.4, -0.2) is 26.4 Å². The molecule has 1 aliphatic carbocycles. The van der Waals surface area contributed by atoms with Gasteiger partial charge in [0, 0.05) is 11.0 Å². The van der Waals surface area contributed by atoms with Gasteiger partial charge in [-0.3, -0.25) is 20.2 Å². The number of nitro groups is 2. The summed E-state index contributed by atoms with van der Waals surface area (Å²) in [4.78, 5) is 15.7. The highest BCUT2D eigenvalue weighted by Gasteiger charge is 2.58. The Morgan fingerprint density at radius 3 is 2.17 bits per heavy atom. The third kappa shape index (κ3) is 2.41. The second kappa shape index (κ2) is 4.39. The van der Waals surface area contributed by atoms with E-state index in [2.05, 4.69) is 0 Å². The molecule has 1 aliphatic rings. The number of hydrogen-bond acceptors (Lipinski definition) is 4. The van der Waals surface area contributed by atoms with Crippen molar-refractivity contribution in [3.05, 3.63) is 43.7 Å². The molecule has 0 aromatic carbocycles. The predicted octanol–water partition coefficient (Wildman–Crippen LogP) is 2.47. The summed E-state index contributed by atoms with van der Waals surface area (Å²) in [7, 11) is 0. The van der Waals surface area contributed by atoms with Crippen LogP contribution < -0.4 is 0 Å². The van der Waals surface area contributed by atoms with E-state index < -0.39 is 37.7 Å². The van der Waals surface area contributed by atoms with Crippen molar-refractivity contribution in [1.29, 1.82) is 0 Å². The highest BCUT2D eigenvalue weighted by atomic mass is 35.5. The van der Waals surface area contributed by atoms with Crippen LogP contribution in [0.3, 0.4) is 0 Å². The number of nitrogens with zero attached hydrogens (tertiary/aromatic N) is 2. The first-order valence-electron chi connectivity index (χ1n) is 4.13. The average molecular weight is 307 g/mol. The van der Waals surface area contributed by atoms with Crippen molar-refractivity contribution in [1.82, 2.24) is 0 Å². The van der Waals surface area contributed by atoms with Crippen LogP contribution in [0.15, 0.2) is 23.4 Å². The molecular formula is C7H3Cl2F3N2O4. The second-order valence-corrected chi connectivity index (χ2v) is 4.31. The minimum absolute atomic E-state index is 0.127. The molecule has 1 rings (SSSR count). The second-order valence-electron chi connectivity index (χ2n) is 3.27. The van der Waals surface area contributed by atoms with Crippen molar-refractivity contribution in [2.45, 2.75) is 16.6 Å². The predicted molar refractivity (Wildman–Crippen MR) is 54.4 cm³/mol. The van der Waals surface area contributed by atoms with Crippen LogP contribution >= 0.6 is 23.2 Å². The Morgan fingerprint density at radius 1 is 1.33 bits per heavy atom. The molecule has 0 radical (unpaired) electrons. The molecule has 0 saturated heterocycles. The molecule has 0 aromatic heterocycles. The average Bonchev–Trinajstić information content (AvgIpc) is 2.19. The van der Waals surface area contributed by atoms with Gasteiger partial charge >= 0.3 is 11.2 Å². The topological polar surface area (TPSA) is 86.3 Å². The van der Waals surface area contributed by atoms with E-state index in [0.29, 0.717) is 0 Å². The zero-order valence-electron chi connectivity index (χ0n) is 8.15. The number of rotatable bonds is 2. The molecule has 0 N–H and O–H groups in total. The normalized spacial score (nSPS) is 28.4. The third-order valence-corrected chi connectivity index (χ3v) is 3.25. The number of hydrogen-bond donors (Lipinski definition) is 0. The first-order valence-corrected chi connectivity index (χ1v) is 4.95. The summed E-state index contributed by atoms with van der Waals surface area (Å²) in [5, 5.41) is 18.8. The summed E-state index contributed by atoms with van der Waals surface area (Å²) < 4.78 is 37.7. The standard InChI is InChI=1S/C7H3Cl2F3N2O4/c8-5-4(7(10,11)12)1-3(13(15)16)2-6(5,9)14(17)18/h1-2,5H. The number of allylic oxidation sites excluding steroid dienone is 1. The van der Waals surface area contributed by atoms with E-state index in [1.165, 1.54) is 0 Å². The van der Waals surface area contributed by atoms with E-state index in [0.717, 1.165) is 0 Å². The van der Waals surface area contributed by atoms with Crippen molar-refractivity contribution in [2.75, 3.05) is 0 Å². The van der Waals surface area contributed by atoms with Crippen LogP contribution in [0.5, 0.6) is 0 Å². The van der Waals surface area contributed by atoms with Crippen LogP contribution in [0.1, 0.15) is 0 Å². The molecule has 11 heteroatoms. The van der Waals surface area contributed by atoms with Crippen molar-refractivity contribution < 1.29 is 23.0 Å². The fraction of sp³-hybridized carbons (Fsp3) is 0.429. The van der Waals surface area contributed by atoms with Gasteiger partial charge < -0.3 is 0 Å². The van der Waals surface area contributed by atoms with Crippen LogP contribution in [0.4, 0.5) is 13.2 Å². The van der Waals surface area contributed by atoms with Gasteiger partial charge in [-0.25, -0.2) is 0 Å². The summed E-state index contributed by atoms with van der Waals surface area (Å²) in [6, 6.07) is 0. The molecule has 6 nitrogen and oxygen atoms in total. The molecule has 2 unspecified atom stereocenters. The molecule has 100 valence electrons. The Bertz CT molecular complexity index is 476. The van der Waals surface area contributed by atoms with E-state index in [1.807, 2.05) is 0 Å². The van der Waals surface area contributed by atoms with E-state index in [9.17, 15) is 33.4 Å². The molecule has 0 saturated carbocycles. The van der Waals surface area contributed by atoms with Crippen molar-refractivity contribution in [3.8, 4) is 0 Å². The Labute approximate surface area is 107 Å². The quantitative estimate of drug-likeness (QED) is 0.339. The Kier molecular flexibility index (Phi) is 3.59. The zero-order chi connectivity index (χ0) is 14.3. The molecule has 0 aromatic rings. The molecule has 0 aliphatic heterocycles. The monoisotopic (exact) mass is 306 g/mol. The summed E-state index contributed by atoms with van der Waals surface area (Å²) in [5.41, 5.74) is -2.77. The van der Waals surface area contributed by atoms with Crippen LogP contribution in [0, 0.1) is 20.2 Å². The van der Waals surface area contributed by atoms with Gasteiger partial charge in [-0.2, -0.15) is 13.2 Å². The summed E-state index contributed by atoms with van der Waals surface area (Å²) >= 11 is 10.7. The minimum atomic E-state index is -5.06. The lowest BCUT2D eigenvalue weighted by Gasteiger charge is -2.26. The fourth-order valence-corrected chi connectivity index (χ4v) is 1.81. The lowest BCUT2D eigenvalue weighted by Crippen LogP contribution is -2.45. The maximum Gasteiger partial charge on any atom is 0.414 e. The lowest BCUT2D eigenvalue weighted by molar-refractivity contribution is -0.529. The first kappa shape index (κ1) is 14.7. The third-order valence-electron chi connectivity index (χ3n) is 2.10. The van der Waals surface area contributed by atoms with Gasteiger partial charge in [-0.15, -0.1) is 11.6 Å². The van der Waals surface area contributed by atoms with Gasteiger partial charge in [-0.1, -0.05) is 0 Å². The highest BCUT2D eigenvalue weighted by molar-refractivity contribution is 6.34. The van der Waals surface area contributed by atoms with Gasteiger partial charge in [0.05, 0.1) is 16.6 Å².